The van der Waals surface area contributed by atoms with Crippen molar-refractivity contribution in [2.24, 2.45) is 5.92 Å². The Hall–Kier alpha value is -3.31. The van der Waals surface area contributed by atoms with Gasteiger partial charge in [0.15, 0.2) is 20.6 Å². The lowest BCUT2D eigenvalue weighted by molar-refractivity contribution is -0.439. The molecule has 2 fully saturated rings. The van der Waals surface area contributed by atoms with Crippen molar-refractivity contribution in [2.75, 3.05) is 26.2 Å². The first-order valence-corrected chi connectivity index (χ1v) is 15.1. The van der Waals surface area contributed by atoms with Gasteiger partial charge in [0, 0.05) is 54.7 Å². The van der Waals surface area contributed by atoms with E-state index >= 15 is 0 Å². The molecule has 0 spiro atoms. The normalized spacial score (nSPS) is 20.6. The summed E-state index contributed by atoms with van der Waals surface area (Å²) in [5.41, 5.74) is 0.188. The number of allylic oxidation sites excluding steroid dienone is 3. The number of hydrogen-bond acceptors (Lipinski definition) is 14. The van der Waals surface area contributed by atoms with E-state index in [9.17, 15) is 30.1 Å². The summed E-state index contributed by atoms with van der Waals surface area (Å²) in [6.45, 7) is 7.39. The van der Waals surface area contributed by atoms with E-state index in [4.69, 9.17) is 23.2 Å². The predicted octanol–water partition coefficient (Wildman–Crippen LogP) is 3.76. The van der Waals surface area contributed by atoms with Gasteiger partial charge in [0.1, 0.15) is 12.5 Å². The third kappa shape index (κ3) is 9.09. The second-order valence-electron chi connectivity index (χ2n) is 9.17. The molecule has 42 heavy (non-hydrogen) atoms. The molecule has 2 N–H and O–H groups in total. The van der Waals surface area contributed by atoms with E-state index in [0.717, 1.165) is 28.8 Å². The molecular formula is C24H30Cl2N8O6S2. The number of nitrogens with zero attached hydrogens (tertiary/aromatic N) is 7. The van der Waals surface area contributed by atoms with Gasteiger partial charge in [-0.1, -0.05) is 36.2 Å². The van der Waals surface area contributed by atoms with Gasteiger partial charge >= 0.3 is 0 Å². The summed E-state index contributed by atoms with van der Waals surface area (Å²) < 4.78 is 0.948. The average molecular weight is 662 g/mol. The van der Waals surface area contributed by atoms with Gasteiger partial charge in [0.25, 0.3) is 11.9 Å². The molecule has 0 bridgehead atoms. The molecule has 228 valence electrons. The van der Waals surface area contributed by atoms with Crippen LogP contribution in [-0.2, 0) is 17.9 Å². The van der Waals surface area contributed by atoms with Gasteiger partial charge in [-0.3, -0.25) is 25.0 Å². The Morgan fingerprint density at radius 1 is 1.10 bits per heavy atom. The Labute approximate surface area is 259 Å². The van der Waals surface area contributed by atoms with Crippen molar-refractivity contribution >= 4 is 52.2 Å². The molecule has 14 nitrogen and oxygen atoms in total. The Morgan fingerprint density at radius 3 is 2.19 bits per heavy atom. The van der Waals surface area contributed by atoms with Gasteiger partial charge in [-0.25, -0.2) is 9.97 Å². The lowest BCUT2D eigenvalue weighted by Gasteiger charge is -2.34. The Balaban J connectivity index is 0.000000204. The van der Waals surface area contributed by atoms with E-state index in [2.05, 4.69) is 15.3 Å². The SMILES string of the molecule is C/C=C\C=O.CC1CC(O)N2CCN(Cc3cnc(Cl)s3)C2=C1[N+](=O)[O-].O=[N+]([O-])/C=C1\NCCN1Cc1cnc(Cl)s1. The number of aliphatic hydroxyl groups is 1. The molecular weight excluding hydrogens is 631 g/mol. The molecule has 3 aliphatic heterocycles. The number of carbonyl (C=O) groups is 1. The van der Waals surface area contributed by atoms with Crippen molar-refractivity contribution < 1.29 is 19.7 Å². The zero-order valence-corrected chi connectivity index (χ0v) is 25.9. The quantitative estimate of drug-likeness (QED) is 0.191. The third-order valence-corrected chi connectivity index (χ3v) is 8.47. The fourth-order valence-corrected chi connectivity index (χ4v) is 6.51. The number of halogens is 2. The predicted molar refractivity (Wildman–Crippen MR) is 160 cm³/mol. The van der Waals surface area contributed by atoms with Crippen LogP contribution in [0.25, 0.3) is 0 Å². The smallest absolute Gasteiger partial charge is 0.289 e. The number of nitro groups is 2. The maximum Gasteiger partial charge on any atom is 0.289 e. The van der Waals surface area contributed by atoms with Crippen LogP contribution in [0.4, 0.5) is 0 Å². The standard InChI is InChI=1S/C12H15ClN4O3S.C8H9ClN4O2S.C4H6O/c1-7-4-9(18)16-3-2-15(11(16)10(7)17(19)20)6-8-5-14-12(13)21-8;9-8-11-3-6(16-8)4-12-2-1-10-7(12)5-13(14)15;1-2-3-4-5/h5,7,9,18H,2-4,6H2,1H3;3,5,10H,1-2,4H2;2-4H,1H3/b;7-5+;3-2-. The van der Waals surface area contributed by atoms with E-state index in [1.54, 1.807) is 37.2 Å². The van der Waals surface area contributed by atoms with Crippen LogP contribution < -0.4 is 5.32 Å². The lowest BCUT2D eigenvalue weighted by atomic mass is 9.98. The third-order valence-electron chi connectivity index (χ3n) is 6.27. The minimum atomic E-state index is -0.659. The summed E-state index contributed by atoms with van der Waals surface area (Å²) in [6.07, 6.45) is 7.97. The van der Waals surface area contributed by atoms with Crippen LogP contribution in [-0.4, -0.2) is 78.3 Å². The Kier molecular flexibility index (Phi) is 12.5. The highest BCUT2D eigenvalue weighted by Crippen LogP contribution is 2.37. The minimum Gasteiger partial charge on any atom is -0.374 e. The first-order chi connectivity index (χ1) is 20.0. The molecule has 2 atom stereocenters. The second-order valence-corrected chi connectivity index (χ2v) is 12.6. The van der Waals surface area contributed by atoms with Crippen LogP contribution in [0.2, 0.25) is 8.93 Å². The summed E-state index contributed by atoms with van der Waals surface area (Å²) in [6, 6.07) is 0. The highest BCUT2D eigenvalue weighted by Gasteiger charge is 2.44. The van der Waals surface area contributed by atoms with Crippen LogP contribution in [0.15, 0.2) is 48.1 Å². The van der Waals surface area contributed by atoms with Crippen molar-refractivity contribution in [1.29, 1.82) is 0 Å². The number of hydrogen-bond donors (Lipinski definition) is 2. The number of carbonyl (C=O) groups excluding carboxylic acids is 1. The highest BCUT2D eigenvalue weighted by molar-refractivity contribution is 7.16. The summed E-state index contributed by atoms with van der Waals surface area (Å²) in [4.78, 5) is 45.7. The zero-order valence-electron chi connectivity index (χ0n) is 22.8. The average Bonchev–Trinajstić information content (AvgIpc) is 3.71. The van der Waals surface area contributed by atoms with Gasteiger partial charge in [-0.2, -0.15) is 0 Å². The van der Waals surface area contributed by atoms with Crippen LogP contribution in [0.3, 0.4) is 0 Å². The van der Waals surface area contributed by atoms with Gasteiger partial charge < -0.3 is 25.1 Å². The first kappa shape index (κ1) is 33.2. The maximum atomic E-state index is 11.4. The topological polar surface area (TPSA) is 171 Å². The van der Waals surface area contributed by atoms with Crippen molar-refractivity contribution in [3.63, 3.8) is 0 Å². The van der Waals surface area contributed by atoms with Gasteiger partial charge in [-0.15, -0.1) is 22.7 Å². The second kappa shape index (κ2) is 15.8. The first-order valence-electron chi connectivity index (χ1n) is 12.7. The van der Waals surface area contributed by atoms with E-state index in [-0.39, 0.29) is 16.5 Å². The molecule has 0 saturated carbocycles. The van der Waals surface area contributed by atoms with Crippen molar-refractivity contribution in [1.82, 2.24) is 30.0 Å². The summed E-state index contributed by atoms with van der Waals surface area (Å²) in [5, 5.41) is 34.9. The molecule has 2 aromatic rings. The number of aromatic nitrogens is 2. The van der Waals surface area contributed by atoms with E-state index in [0.29, 0.717) is 59.7 Å². The van der Waals surface area contributed by atoms with Gasteiger partial charge in [0.05, 0.1) is 28.9 Å². The molecule has 18 heteroatoms. The monoisotopic (exact) mass is 660 g/mol. The highest BCUT2D eigenvalue weighted by atomic mass is 35.5. The van der Waals surface area contributed by atoms with Crippen LogP contribution in [0.5, 0.6) is 0 Å². The molecule has 0 radical (unpaired) electrons. The number of aldehydes is 1. The molecule has 5 heterocycles. The van der Waals surface area contributed by atoms with Gasteiger partial charge in [0.2, 0.25) is 0 Å². The lowest BCUT2D eigenvalue weighted by Crippen LogP contribution is -2.41. The van der Waals surface area contributed by atoms with E-state index < -0.39 is 11.2 Å². The Bertz CT molecular complexity index is 1350. The van der Waals surface area contributed by atoms with Crippen LogP contribution in [0, 0.1) is 26.1 Å². The van der Waals surface area contributed by atoms with Gasteiger partial charge in [-0.05, 0) is 13.0 Å². The summed E-state index contributed by atoms with van der Waals surface area (Å²) in [7, 11) is 0. The summed E-state index contributed by atoms with van der Waals surface area (Å²) in [5.74, 6) is 0.803. The molecule has 0 aromatic carbocycles. The number of fused-ring (bicyclic) bond motifs is 1. The van der Waals surface area contributed by atoms with Crippen LogP contribution in [0.1, 0.15) is 30.0 Å². The van der Waals surface area contributed by atoms with Crippen LogP contribution >= 0.6 is 45.9 Å². The number of thiazole rings is 2. The fraction of sp³-hybridized carbons (Fsp3) is 0.458. The van der Waals surface area contributed by atoms with Crippen molar-refractivity contribution in [2.45, 2.75) is 39.6 Å². The van der Waals surface area contributed by atoms with Crippen molar-refractivity contribution in [3.8, 4) is 0 Å². The number of rotatable bonds is 7. The zero-order chi connectivity index (χ0) is 30.8. The molecule has 0 aliphatic carbocycles. The fourth-order valence-electron chi connectivity index (χ4n) is 4.52. The largest absolute Gasteiger partial charge is 0.374 e. The molecule has 2 unspecified atom stereocenters. The van der Waals surface area contributed by atoms with E-state index in [1.165, 1.54) is 28.7 Å². The Morgan fingerprint density at radius 2 is 1.71 bits per heavy atom. The number of aliphatic hydroxyl groups excluding tert-OH is 1. The maximum absolute atomic E-state index is 11.4. The molecule has 2 saturated heterocycles. The molecule has 5 rings (SSSR count). The molecule has 3 aliphatic rings. The minimum absolute atomic E-state index is 0.188. The molecule has 0 amide bonds. The summed E-state index contributed by atoms with van der Waals surface area (Å²) >= 11 is 14.3. The number of nitrogens with one attached hydrogen (secondary N) is 1. The molecule has 2 aromatic heterocycles. The van der Waals surface area contributed by atoms with E-state index in [1.807, 2.05) is 9.80 Å². The van der Waals surface area contributed by atoms with Crippen molar-refractivity contribution in [3.05, 3.63) is 87.0 Å².